The largest absolute Gasteiger partial charge is 0.495 e. The molecule has 6 nitrogen and oxygen atoms in total. The van der Waals surface area contributed by atoms with Crippen molar-refractivity contribution < 1.29 is 19.4 Å². The predicted molar refractivity (Wildman–Crippen MR) is 92.6 cm³/mol. The maximum atomic E-state index is 12.2. The maximum absolute atomic E-state index is 12.2. The van der Waals surface area contributed by atoms with Crippen LogP contribution in [0.5, 0.6) is 5.75 Å². The van der Waals surface area contributed by atoms with Crippen molar-refractivity contribution in [3.8, 4) is 5.75 Å². The second-order valence-electron chi connectivity index (χ2n) is 6.28. The molecule has 1 aromatic rings. The van der Waals surface area contributed by atoms with Crippen LogP contribution in [0, 0.1) is 11.8 Å². The van der Waals surface area contributed by atoms with Gasteiger partial charge in [-0.1, -0.05) is 18.5 Å². The molecule has 0 radical (unpaired) electrons. The number of carbonyl (C=O) groups is 2. The third kappa shape index (κ3) is 5.11. The Kier molecular flexibility index (Phi) is 6.45. The number of nitrogens with zero attached hydrogens (tertiary/aromatic N) is 1. The van der Waals surface area contributed by atoms with Gasteiger partial charge in [-0.25, -0.2) is 0 Å². The van der Waals surface area contributed by atoms with Gasteiger partial charge >= 0.3 is 5.97 Å². The third-order valence-corrected chi connectivity index (χ3v) is 4.41. The molecule has 1 aliphatic heterocycles. The number of carboxylic acids is 1. The fourth-order valence-corrected chi connectivity index (χ4v) is 3.25. The van der Waals surface area contributed by atoms with E-state index >= 15 is 0 Å². The van der Waals surface area contributed by atoms with Gasteiger partial charge in [0.05, 0.1) is 18.7 Å². The summed E-state index contributed by atoms with van der Waals surface area (Å²) in [6, 6.07) is 5.03. The summed E-state index contributed by atoms with van der Waals surface area (Å²) in [6.45, 7) is 3.88. The van der Waals surface area contributed by atoms with E-state index < -0.39 is 5.97 Å². The van der Waals surface area contributed by atoms with Crippen molar-refractivity contribution in [3.63, 3.8) is 0 Å². The molecular formula is C17H23ClN2O4. The fourth-order valence-electron chi connectivity index (χ4n) is 3.07. The van der Waals surface area contributed by atoms with E-state index in [1.54, 1.807) is 18.2 Å². The van der Waals surface area contributed by atoms with E-state index in [2.05, 4.69) is 5.32 Å². The average molecular weight is 355 g/mol. The molecular weight excluding hydrogens is 332 g/mol. The number of benzene rings is 1. The Bertz CT molecular complexity index is 608. The van der Waals surface area contributed by atoms with Crippen LogP contribution in [0.25, 0.3) is 0 Å². The topological polar surface area (TPSA) is 78.9 Å². The van der Waals surface area contributed by atoms with E-state index in [9.17, 15) is 14.7 Å². The summed E-state index contributed by atoms with van der Waals surface area (Å²) in [4.78, 5) is 25.4. The van der Waals surface area contributed by atoms with Crippen molar-refractivity contribution in [1.82, 2.24) is 4.90 Å². The predicted octanol–water partition coefficient (Wildman–Crippen LogP) is 2.72. The van der Waals surface area contributed by atoms with Crippen LogP contribution in [0.15, 0.2) is 18.2 Å². The number of carbonyl (C=O) groups excluding carboxylic acids is 1. The Labute approximate surface area is 146 Å². The minimum atomic E-state index is -0.764. The zero-order valence-corrected chi connectivity index (χ0v) is 14.7. The number of nitrogens with one attached hydrogen (secondary N) is 1. The van der Waals surface area contributed by atoms with E-state index in [4.69, 9.17) is 16.3 Å². The van der Waals surface area contributed by atoms with Crippen LogP contribution in [0.4, 0.5) is 5.69 Å². The second-order valence-corrected chi connectivity index (χ2v) is 6.71. The van der Waals surface area contributed by atoms with Crippen LogP contribution in [-0.2, 0) is 9.59 Å². The van der Waals surface area contributed by atoms with Gasteiger partial charge in [-0.15, -0.1) is 0 Å². The smallest absolute Gasteiger partial charge is 0.307 e. The SMILES string of the molecule is COc1ccc(Cl)cc1NC(=O)CCN1CC(C)CC(C(=O)O)C1. The lowest BCUT2D eigenvalue weighted by Gasteiger charge is -2.34. The van der Waals surface area contributed by atoms with Crippen molar-refractivity contribution in [1.29, 1.82) is 0 Å². The number of hydrogen-bond acceptors (Lipinski definition) is 4. The Balaban J connectivity index is 1.89. The minimum absolute atomic E-state index is 0.152. The van der Waals surface area contributed by atoms with Crippen molar-refractivity contribution in [2.45, 2.75) is 19.8 Å². The molecule has 0 spiro atoms. The van der Waals surface area contributed by atoms with Gasteiger partial charge in [0.25, 0.3) is 0 Å². The number of likely N-dealkylation sites (tertiary alicyclic amines) is 1. The Morgan fingerprint density at radius 1 is 1.42 bits per heavy atom. The van der Waals surface area contributed by atoms with Gasteiger partial charge in [0.1, 0.15) is 5.75 Å². The highest BCUT2D eigenvalue weighted by Gasteiger charge is 2.29. The molecule has 1 aromatic carbocycles. The van der Waals surface area contributed by atoms with Gasteiger partial charge in [0, 0.05) is 31.1 Å². The molecule has 2 N–H and O–H groups in total. The standard InChI is InChI=1S/C17H23ClN2O4/c1-11-7-12(17(22)23)10-20(9-11)6-5-16(21)19-14-8-13(18)3-4-15(14)24-2/h3-4,8,11-12H,5-7,9-10H2,1-2H3,(H,19,21)(H,22,23). The normalized spacial score (nSPS) is 21.3. The Hall–Kier alpha value is -1.79. The highest BCUT2D eigenvalue weighted by molar-refractivity contribution is 6.31. The third-order valence-electron chi connectivity index (χ3n) is 4.18. The number of halogens is 1. The second kappa shape index (κ2) is 8.35. The lowest BCUT2D eigenvalue weighted by molar-refractivity contribution is -0.144. The maximum Gasteiger partial charge on any atom is 0.307 e. The van der Waals surface area contributed by atoms with E-state index in [0.29, 0.717) is 41.9 Å². The van der Waals surface area contributed by atoms with Crippen molar-refractivity contribution in [2.24, 2.45) is 11.8 Å². The molecule has 24 heavy (non-hydrogen) atoms. The van der Waals surface area contributed by atoms with Crippen molar-refractivity contribution in [3.05, 3.63) is 23.2 Å². The fraction of sp³-hybridized carbons (Fsp3) is 0.529. The monoisotopic (exact) mass is 354 g/mol. The molecule has 1 fully saturated rings. The zero-order chi connectivity index (χ0) is 17.7. The van der Waals surface area contributed by atoms with Crippen LogP contribution in [0.3, 0.4) is 0 Å². The van der Waals surface area contributed by atoms with Gasteiger partial charge < -0.3 is 20.1 Å². The van der Waals surface area contributed by atoms with Crippen LogP contribution in [0.1, 0.15) is 19.8 Å². The number of piperidine rings is 1. The summed E-state index contributed by atoms with van der Waals surface area (Å²) >= 11 is 5.95. The zero-order valence-electron chi connectivity index (χ0n) is 13.9. The molecule has 132 valence electrons. The van der Waals surface area contributed by atoms with E-state index in [1.807, 2.05) is 11.8 Å². The molecule has 0 aliphatic carbocycles. The van der Waals surface area contributed by atoms with Gasteiger partial charge in [-0.2, -0.15) is 0 Å². The molecule has 1 aliphatic rings. The first-order valence-electron chi connectivity index (χ1n) is 7.97. The van der Waals surface area contributed by atoms with Crippen LogP contribution < -0.4 is 10.1 Å². The molecule has 0 aromatic heterocycles. The molecule has 2 unspecified atom stereocenters. The first kappa shape index (κ1) is 18.5. The summed E-state index contributed by atoms with van der Waals surface area (Å²) in [5.74, 6) is -0.411. The molecule has 1 saturated heterocycles. The quantitative estimate of drug-likeness (QED) is 0.821. The summed E-state index contributed by atoms with van der Waals surface area (Å²) in [5, 5.41) is 12.5. The summed E-state index contributed by atoms with van der Waals surface area (Å²) in [6.07, 6.45) is 0.979. The molecule has 2 rings (SSSR count). The minimum Gasteiger partial charge on any atom is -0.495 e. The van der Waals surface area contributed by atoms with E-state index in [0.717, 1.165) is 6.54 Å². The van der Waals surface area contributed by atoms with E-state index in [1.165, 1.54) is 7.11 Å². The Morgan fingerprint density at radius 3 is 2.83 bits per heavy atom. The first-order chi connectivity index (χ1) is 11.4. The van der Waals surface area contributed by atoms with E-state index in [-0.39, 0.29) is 18.2 Å². The number of methoxy groups -OCH3 is 1. The van der Waals surface area contributed by atoms with Crippen LogP contribution in [0.2, 0.25) is 5.02 Å². The molecule has 7 heteroatoms. The van der Waals surface area contributed by atoms with Crippen LogP contribution in [-0.4, -0.2) is 48.6 Å². The molecule has 0 bridgehead atoms. The summed E-state index contributed by atoms with van der Waals surface area (Å²) < 4.78 is 5.20. The van der Waals surface area contributed by atoms with Gasteiger partial charge in [0.2, 0.25) is 5.91 Å². The lowest BCUT2D eigenvalue weighted by atomic mass is 9.90. The van der Waals surface area contributed by atoms with Crippen LogP contribution >= 0.6 is 11.6 Å². The molecule has 1 amide bonds. The first-order valence-corrected chi connectivity index (χ1v) is 8.35. The molecule has 1 heterocycles. The molecule has 2 atom stereocenters. The highest BCUT2D eigenvalue weighted by Crippen LogP contribution is 2.28. The van der Waals surface area contributed by atoms with Gasteiger partial charge in [-0.3, -0.25) is 9.59 Å². The van der Waals surface area contributed by atoms with Crippen molar-refractivity contribution in [2.75, 3.05) is 32.1 Å². The number of carboxylic acid groups (broad SMARTS) is 1. The number of ether oxygens (including phenoxy) is 1. The number of amides is 1. The highest BCUT2D eigenvalue weighted by atomic mass is 35.5. The number of anilines is 1. The summed E-state index contributed by atoms with van der Waals surface area (Å²) in [5.41, 5.74) is 0.533. The molecule has 0 saturated carbocycles. The lowest BCUT2D eigenvalue weighted by Crippen LogP contribution is -2.43. The number of hydrogen-bond donors (Lipinski definition) is 2. The average Bonchev–Trinajstić information content (AvgIpc) is 2.52. The van der Waals surface area contributed by atoms with Gasteiger partial charge in [0.15, 0.2) is 0 Å². The van der Waals surface area contributed by atoms with Gasteiger partial charge in [-0.05, 0) is 30.5 Å². The van der Waals surface area contributed by atoms with Crippen molar-refractivity contribution >= 4 is 29.2 Å². The number of rotatable bonds is 6. The number of aliphatic carboxylic acids is 1. The summed E-state index contributed by atoms with van der Waals surface area (Å²) in [7, 11) is 1.53. The Morgan fingerprint density at radius 2 is 2.17 bits per heavy atom.